The van der Waals surface area contributed by atoms with E-state index < -0.39 is 0 Å². The van der Waals surface area contributed by atoms with E-state index in [9.17, 15) is 4.79 Å². The lowest BCUT2D eigenvalue weighted by Crippen LogP contribution is -2.44. The van der Waals surface area contributed by atoms with E-state index in [-0.39, 0.29) is 11.6 Å². The maximum atomic E-state index is 13.2. The van der Waals surface area contributed by atoms with Gasteiger partial charge in [0, 0.05) is 54.6 Å². The molecule has 3 aromatic heterocycles. The van der Waals surface area contributed by atoms with E-state index >= 15 is 0 Å². The van der Waals surface area contributed by atoms with Gasteiger partial charge in [-0.3, -0.25) is 4.79 Å². The summed E-state index contributed by atoms with van der Waals surface area (Å²) < 4.78 is 5.55. The molecule has 3 N–H and O–H groups in total. The quantitative estimate of drug-likeness (QED) is 0.443. The molecule has 1 unspecified atom stereocenters. The number of ether oxygens (including phenoxy) is 1. The lowest BCUT2D eigenvalue weighted by atomic mass is 10.1. The first kappa shape index (κ1) is 19.8. The Morgan fingerprint density at radius 1 is 1.16 bits per heavy atom. The molecule has 0 radical (unpaired) electrons. The fourth-order valence-corrected chi connectivity index (χ4v) is 5.40. The van der Waals surface area contributed by atoms with Crippen LogP contribution in [-0.4, -0.2) is 72.3 Å². The average Bonchev–Trinajstić information content (AvgIpc) is 3.54. The molecule has 2 fully saturated rings. The predicted octanol–water partition coefficient (Wildman–Crippen LogP) is 3.09. The minimum absolute atomic E-state index is 0.143. The number of aromatic amines is 2. The van der Waals surface area contributed by atoms with Gasteiger partial charge in [0.25, 0.3) is 5.56 Å². The number of hydrogen-bond acceptors (Lipinski definition) is 7. The van der Waals surface area contributed by atoms with Crippen molar-refractivity contribution in [2.24, 2.45) is 0 Å². The number of aromatic nitrogens is 3. The molecular formula is C23H26N6O2S. The third-order valence-electron chi connectivity index (χ3n) is 6.51. The van der Waals surface area contributed by atoms with Gasteiger partial charge in [-0.2, -0.15) is 0 Å². The minimum Gasteiger partial charge on any atom is -0.379 e. The summed E-state index contributed by atoms with van der Waals surface area (Å²) in [6.45, 7) is 5.52. The zero-order chi connectivity index (χ0) is 21.7. The molecule has 2 saturated heterocycles. The number of thiophene rings is 1. The molecule has 2 aliphatic rings. The number of imidazole rings is 1. The van der Waals surface area contributed by atoms with Gasteiger partial charge in [0.15, 0.2) is 0 Å². The molecule has 6 rings (SSSR count). The van der Waals surface area contributed by atoms with Gasteiger partial charge in [0.2, 0.25) is 0 Å². The second-order valence-electron chi connectivity index (χ2n) is 8.69. The lowest BCUT2D eigenvalue weighted by Gasteiger charge is -2.34. The molecule has 0 bridgehead atoms. The summed E-state index contributed by atoms with van der Waals surface area (Å²) in [6.07, 6.45) is 0.923. The van der Waals surface area contributed by atoms with Crippen LogP contribution in [0.15, 0.2) is 33.8 Å². The van der Waals surface area contributed by atoms with E-state index in [4.69, 9.17) is 9.72 Å². The topological polar surface area (TPSA) is 89.3 Å². The second-order valence-corrected chi connectivity index (χ2v) is 9.43. The van der Waals surface area contributed by atoms with E-state index in [1.165, 1.54) is 5.69 Å². The van der Waals surface area contributed by atoms with Gasteiger partial charge in [0.05, 0.1) is 34.9 Å². The predicted molar refractivity (Wildman–Crippen MR) is 130 cm³/mol. The van der Waals surface area contributed by atoms with Crippen molar-refractivity contribution in [2.45, 2.75) is 12.5 Å². The Bertz CT molecular complexity index is 1330. The highest BCUT2D eigenvalue weighted by Gasteiger charge is 2.23. The van der Waals surface area contributed by atoms with Crippen molar-refractivity contribution in [3.63, 3.8) is 0 Å². The molecule has 0 saturated carbocycles. The van der Waals surface area contributed by atoms with Crippen molar-refractivity contribution in [2.75, 3.05) is 56.7 Å². The summed E-state index contributed by atoms with van der Waals surface area (Å²) in [5.74, 6) is 0.589. The third kappa shape index (κ3) is 3.46. The van der Waals surface area contributed by atoms with Gasteiger partial charge in [-0.05, 0) is 31.7 Å². The van der Waals surface area contributed by atoms with Crippen molar-refractivity contribution in [1.29, 1.82) is 0 Å². The Hall–Kier alpha value is -2.88. The Morgan fingerprint density at radius 2 is 2.03 bits per heavy atom. The molecular weight excluding hydrogens is 424 g/mol. The molecule has 0 amide bonds. The van der Waals surface area contributed by atoms with Crippen molar-refractivity contribution >= 4 is 44.6 Å². The van der Waals surface area contributed by atoms with Gasteiger partial charge in [0.1, 0.15) is 11.4 Å². The average molecular weight is 451 g/mol. The summed E-state index contributed by atoms with van der Waals surface area (Å²) >= 11 is 1.58. The summed E-state index contributed by atoms with van der Waals surface area (Å²) in [7, 11) is 2.16. The number of piperazine rings is 1. The third-order valence-corrected chi connectivity index (χ3v) is 7.25. The SMILES string of the molecule is CN1CCN(c2ccc3nc(-c4c(NC5CCOC5)c5cscc5[nH]c4=O)[nH]c3c2)CC1. The molecule has 1 aromatic carbocycles. The van der Waals surface area contributed by atoms with Crippen LogP contribution in [0.5, 0.6) is 0 Å². The summed E-state index contributed by atoms with van der Waals surface area (Å²) in [4.78, 5) is 29.2. The Morgan fingerprint density at radius 3 is 2.84 bits per heavy atom. The number of benzene rings is 1. The molecule has 9 heteroatoms. The van der Waals surface area contributed by atoms with Crippen LogP contribution in [0.3, 0.4) is 0 Å². The highest BCUT2D eigenvalue weighted by Crippen LogP contribution is 2.34. The van der Waals surface area contributed by atoms with Crippen LogP contribution in [0.1, 0.15) is 6.42 Å². The number of hydrogen-bond donors (Lipinski definition) is 3. The largest absolute Gasteiger partial charge is 0.379 e. The van der Waals surface area contributed by atoms with Crippen LogP contribution in [0.4, 0.5) is 11.4 Å². The van der Waals surface area contributed by atoms with Gasteiger partial charge in [-0.1, -0.05) is 0 Å². The van der Waals surface area contributed by atoms with Gasteiger partial charge < -0.3 is 29.8 Å². The molecule has 166 valence electrons. The van der Waals surface area contributed by atoms with Gasteiger partial charge in [-0.15, -0.1) is 11.3 Å². The first-order chi connectivity index (χ1) is 15.7. The molecule has 2 aliphatic heterocycles. The number of pyridine rings is 1. The number of rotatable bonds is 4. The maximum Gasteiger partial charge on any atom is 0.261 e. The molecule has 5 heterocycles. The van der Waals surface area contributed by atoms with E-state index in [0.29, 0.717) is 18.0 Å². The Balaban J connectivity index is 1.43. The van der Waals surface area contributed by atoms with Gasteiger partial charge in [-0.25, -0.2) is 4.98 Å². The number of H-pyrrole nitrogens is 2. The van der Waals surface area contributed by atoms with Crippen LogP contribution in [0.2, 0.25) is 0 Å². The Labute approximate surface area is 189 Å². The zero-order valence-electron chi connectivity index (χ0n) is 18.0. The van der Waals surface area contributed by atoms with E-state index in [1.54, 1.807) is 11.3 Å². The summed E-state index contributed by atoms with van der Waals surface area (Å²) in [5, 5.41) is 8.63. The lowest BCUT2D eigenvalue weighted by molar-refractivity contribution is 0.195. The van der Waals surface area contributed by atoms with E-state index in [1.807, 2.05) is 11.4 Å². The summed E-state index contributed by atoms with van der Waals surface area (Å²) in [5.41, 5.74) is 5.08. The zero-order valence-corrected chi connectivity index (χ0v) is 18.8. The first-order valence-corrected chi connectivity index (χ1v) is 12.0. The number of nitrogens with one attached hydrogen (secondary N) is 3. The number of likely N-dealkylation sites (N-methyl/N-ethyl adjacent to an activating group) is 1. The van der Waals surface area contributed by atoms with Crippen LogP contribution in [0.25, 0.3) is 33.3 Å². The van der Waals surface area contributed by atoms with Crippen molar-refractivity contribution in [1.82, 2.24) is 19.9 Å². The fourth-order valence-electron chi connectivity index (χ4n) is 4.63. The smallest absolute Gasteiger partial charge is 0.261 e. The normalized spacial score (nSPS) is 19.9. The van der Waals surface area contributed by atoms with Crippen molar-refractivity contribution in [3.8, 4) is 11.4 Å². The number of fused-ring (bicyclic) bond motifs is 2. The van der Waals surface area contributed by atoms with Gasteiger partial charge >= 0.3 is 0 Å². The van der Waals surface area contributed by atoms with Crippen LogP contribution in [0, 0.1) is 0 Å². The molecule has 0 spiro atoms. The Kier molecular flexibility index (Phi) is 4.89. The van der Waals surface area contributed by atoms with Crippen LogP contribution >= 0.6 is 11.3 Å². The molecule has 32 heavy (non-hydrogen) atoms. The molecule has 0 aliphatic carbocycles. The molecule has 1 atom stereocenters. The standard InChI is InChI=1S/C23H26N6O2S/c1-28-5-7-29(8-6-28)15-2-3-17-18(10-15)26-22(25-17)20-21(24-14-4-9-31-11-14)16-12-32-13-19(16)27-23(20)30/h2-3,10,12-14,24H,4-9,11H2,1H3,(H,25,26)(H,27,30). The number of nitrogens with zero attached hydrogens (tertiary/aromatic N) is 3. The number of anilines is 2. The second kappa shape index (κ2) is 7.91. The summed E-state index contributed by atoms with van der Waals surface area (Å²) in [6, 6.07) is 6.50. The van der Waals surface area contributed by atoms with E-state index in [2.05, 4.69) is 49.6 Å². The first-order valence-electron chi connectivity index (χ1n) is 11.1. The molecule has 8 nitrogen and oxygen atoms in total. The monoisotopic (exact) mass is 450 g/mol. The minimum atomic E-state index is -0.143. The van der Waals surface area contributed by atoms with Crippen LogP contribution < -0.4 is 15.8 Å². The molecule has 4 aromatic rings. The van der Waals surface area contributed by atoms with E-state index in [0.717, 1.165) is 66.8 Å². The van der Waals surface area contributed by atoms with Crippen molar-refractivity contribution in [3.05, 3.63) is 39.3 Å². The highest BCUT2D eigenvalue weighted by atomic mass is 32.1. The highest BCUT2D eigenvalue weighted by molar-refractivity contribution is 7.09. The fraction of sp³-hybridized carbons (Fsp3) is 0.391. The maximum absolute atomic E-state index is 13.2. The van der Waals surface area contributed by atoms with Crippen molar-refractivity contribution < 1.29 is 4.74 Å². The van der Waals surface area contributed by atoms with Crippen LogP contribution in [-0.2, 0) is 4.74 Å².